The van der Waals surface area contributed by atoms with Crippen molar-refractivity contribution in [3.63, 3.8) is 0 Å². The van der Waals surface area contributed by atoms with Crippen LogP contribution in [0.5, 0.6) is 0 Å². The molecule has 2 rings (SSSR count). The van der Waals surface area contributed by atoms with Gasteiger partial charge in [-0.25, -0.2) is 4.68 Å². The Hall–Kier alpha value is -2.04. The standard InChI is InChI=1S/C9H8N4O/c1-7-2-3-9(12-11-7)13-5-8(6-14)4-10-13/h2-6H,1H3. The lowest BCUT2D eigenvalue weighted by atomic mass is 10.4. The molecule has 0 unspecified atom stereocenters. The van der Waals surface area contributed by atoms with E-state index in [0.717, 1.165) is 12.0 Å². The van der Waals surface area contributed by atoms with Crippen LogP contribution in [0, 0.1) is 6.92 Å². The highest BCUT2D eigenvalue weighted by atomic mass is 16.1. The topological polar surface area (TPSA) is 60.7 Å². The monoisotopic (exact) mass is 188 g/mol. The molecule has 0 radical (unpaired) electrons. The Morgan fingerprint density at radius 3 is 2.79 bits per heavy atom. The zero-order chi connectivity index (χ0) is 9.97. The largest absolute Gasteiger partial charge is 0.298 e. The van der Waals surface area contributed by atoms with E-state index < -0.39 is 0 Å². The van der Waals surface area contributed by atoms with Crippen LogP contribution in [0.1, 0.15) is 16.1 Å². The lowest BCUT2D eigenvalue weighted by Gasteiger charge is -1.97. The highest BCUT2D eigenvalue weighted by Crippen LogP contribution is 2.03. The van der Waals surface area contributed by atoms with E-state index in [1.165, 1.54) is 10.9 Å². The molecule has 0 amide bonds. The fourth-order valence-corrected chi connectivity index (χ4v) is 1.04. The predicted molar refractivity (Wildman–Crippen MR) is 49.3 cm³/mol. The van der Waals surface area contributed by atoms with Gasteiger partial charge in [0.25, 0.3) is 0 Å². The highest BCUT2D eigenvalue weighted by Gasteiger charge is 2.00. The summed E-state index contributed by atoms with van der Waals surface area (Å²) in [6.07, 6.45) is 3.83. The predicted octanol–water partition coefficient (Wildman–Crippen LogP) is 0.783. The molecule has 0 saturated heterocycles. The van der Waals surface area contributed by atoms with Gasteiger partial charge in [0, 0.05) is 6.20 Å². The molecule has 0 fully saturated rings. The van der Waals surface area contributed by atoms with Crippen molar-refractivity contribution in [1.29, 1.82) is 0 Å². The minimum absolute atomic E-state index is 0.521. The molecule has 0 aliphatic heterocycles. The van der Waals surface area contributed by atoms with Gasteiger partial charge in [0.1, 0.15) is 0 Å². The van der Waals surface area contributed by atoms with E-state index >= 15 is 0 Å². The molecular weight excluding hydrogens is 180 g/mol. The van der Waals surface area contributed by atoms with Gasteiger partial charge in [-0.1, -0.05) is 0 Å². The Labute approximate surface area is 80.4 Å². The Morgan fingerprint density at radius 1 is 1.36 bits per heavy atom. The Kier molecular flexibility index (Phi) is 2.06. The number of aromatic nitrogens is 4. The summed E-state index contributed by atoms with van der Waals surface area (Å²) in [5, 5.41) is 11.8. The SMILES string of the molecule is Cc1ccc(-n2cc(C=O)cn2)nn1. The first-order valence-corrected chi connectivity index (χ1v) is 4.10. The summed E-state index contributed by atoms with van der Waals surface area (Å²) in [5.41, 5.74) is 1.36. The molecule has 2 heterocycles. The van der Waals surface area contributed by atoms with Crippen LogP contribution < -0.4 is 0 Å². The second-order valence-corrected chi connectivity index (χ2v) is 2.87. The normalized spacial score (nSPS) is 10.1. The van der Waals surface area contributed by atoms with E-state index in [4.69, 9.17) is 0 Å². The highest BCUT2D eigenvalue weighted by molar-refractivity contribution is 5.73. The molecule has 5 heteroatoms. The van der Waals surface area contributed by atoms with Crippen molar-refractivity contribution in [2.75, 3.05) is 0 Å². The second-order valence-electron chi connectivity index (χ2n) is 2.87. The fraction of sp³-hybridized carbons (Fsp3) is 0.111. The summed E-state index contributed by atoms with van der Waals surface area (Å²) in [6, 6.07) is 3.63. The van der Waals surface area contributed by atoms with Crippen LogP contribution in [0.25, 0.3) is 5.82 Å². The van der Waals surface area contributed by atoms with E-state index in [0.29, 0.717) is 11.4 Å². The maximum Gasteiger partial charge on any atom is 0.175 e. The Morgan fingerprint density at radius 2 is 2.21 bits per heavy atom. The quantitative estimate of drug-likeness (QED) is 0.653. The number of aldehydes is 1. The number of rotatable bonds is 2. The number of hydrogen-bond donors (Lipinski definition) is 0. The van der Waals surface area contributed by atoms with Crippen LogP contribution in [-0.4, -0.2) is 26.3 Å². The van der Waals surface area contributed by atoms with Gasteiger partial charge in [-0.15, -0.1) is 5.10 Å². The molecule has 2 aromatic rings. The minimum atomic E-state index is 0.521. The van der Waals surface area contributed by atoms with Gasteiger partial charge in [0.05, 0.1) is 17.5 Å². The zero-order valence-electron chi connectivity index (χ0n) is 7.58. The molecule has 70 valence electrons. The summed E-state index contributed by atoms with van der Waals surface area (Å²) in [5.74, 6) is 0.601. The maximum atomic E-state index is 10.4. The molecular formula is C9H8N4O. The molecule has 5 nitrogen and oxygen atoms in total. The summed E-state index contributed by atoms with van der Waals surface area (Å²) in [7, 11) is 0. The van der Waals surface area contributed by atoms with E-state index in [2.05, 4.69) is 15.3 Å². The molecule has 0 N–H and O–H groups in total. The lowest BCUT2D eigenvalue weighted by molar-refractivity contribution is 0.112. The van der Waals surface area contributed by atoms with E-state index in [-0.39, 0.29) is 0 Å². The van der Waals surface area contributed by atoms with Crippen molar-refractivity contribution in [3.8, 4) is 5.82 Å². The van der Waals surface area contributed by atoms with Crippen molar-refractivity contribution >= 4 is 6.29 Å². The van der Waals surface area contributed by atoms with Gasteiger partial charge < -0.3 is 0 Å². The van der Waals surface area contributed by atoms with E-state index in [1.54, 1.807) is 12.3 Å². The molecule has 0 saturated carbocycles. The number of aryl methyl sites for hydroxylation is 1. The van der Waals surface area contributed by atoms with Crippen LogP contribution in [-0.2, 0) is 0 Å². The summed E-state index contributed by atoms with van der Waals surface area (Å²) in [4.78, 5) is 10.4. The number of carbonyl (C=O) groups excluding carboxylic acids is 1. The van der Waals surface area contributed by atoms with Crippen molar-refractivity contribution in [2.45, 2.75) is 6.92 Å². The molecule has 0 atom stereocenters. The first-order chi connectivity index (χ1) is 6.79. The fourth-order valence-electron chi connectivity index (χ4n) is 1.04. The third kappa shape index (κ3) is 1.52. The van der Waals surface area contributed by atoms with Crippen LogP contribution in [0.2, 0.25) is 0 Å². The first-order valence-electron chi connectivity index (χ1n) is 4.10. The average molecular weight is 188 g/mol. The van der Waals surface area contributed by atoms with Gasteiger partial charge >= 0.3 is 0 Å². The Bertz CT molecular complexity index is 446. The third-order valence-corrected chi connectivity index (χ3v) is 1.76. The molecule has 0 aromatic carbocycles. The number of nitrogens with zero attached hydrogens (tertiary/aromatic N) is 4. The van der Waals surface area contributed by atoms with Gasteiger partial charge in [-0.05, 0) is 19.1 Å². The van der Waals surface area contributed by atoms with Crippen LogP contribution >= 0.6 is 0 Å². The number of hydrogen-bond acceptors (Lipinski definition) is 4. The minimum Gasteiger partial charge on any atom is -0.298 e. The smallest absolute Gasteiger partial charge is 0.175 e. The summed E-state index contributed by atoms with van der Waals surface area (Å²) >= 11 is 0. The first kappa shape index (κ1) is 8.55. The summed E-state index contributed by atoms with van der Waals surface area (Å²) < 4.78 is 1.51. The van der Waals surface area contributed by atoms with Crippen molar-refractivity contribution in [2.24, 2.45) is 0 Å². The van der Waals surface area contributed by atoms with Crippen molar-refractivity contribution in [1.82, 2.24) is 20.0 Å². The molecule has 0 spiro atoms. The molecule has 0 aliphatic carbocycles. The lowest BCUT2D eigenvalue weighted by Crippen LogP contribution is -1.99. The van der Waals surface area contributed by atoms with Crippen molar-refractivity contribution in [3.05, 3.63) is 35.8 Å². The van der Waals surface area contributed by atoms with Crippen LogP contribution in [0.3, 0.4) is 0 Å². The average Bonchev–Trinajstić information content (AvgIpc) is 2.67. The molecule has 2 aromatic heterocycles. The van der Waals surface area contributed by atoms with Gasteiger partial charge in [0.15, 0.2) is 12.1 Å². The van der Waals surface area contributed by atoms with E-state index in [1.807, 2.05) is 13.0 Å². The molecule has 0 aliphatic rings. The Balaban J connectivity index is 2.39. The van der Waals surface area contributed by atoms with Crippen LogP contribution in [0.15, 0.2) is 24.5 Å². The van der Waals surface area contributed by atoms with Crippen LogP contribution in [0.4, 0.5) is 0 Å². The van der Waals surface area contributed by atoms with Gasteiger partial charge in [-0.3, -0.25) is 4.79 Å². The second kappa shape index (κ2) is 3.37. The third-order valence-electron chi connectivity index (χ3n) is 1.76. The number of carbonyl (C=O) groups is 1. The zero-order valence-corrected chi connectivity index (χ0v) is 7.58. The molecule has 14 heavy (non-hydrogen) atoms. The summed E-state index contributed by atoms with van der Waals surface area (Å²) in [6.45, 7) is 1.86. The van der Waals surface area contributed by atoms with Gasteiger partial charge in [-0.2, -0.15) is 10.2 Å². The molecule has 0 bridgehead atoms. The maximum absolute atomic E-state index is 10.4. The van der Waals surface area contributed by atoms with Crippen molar-refractivity contribution < 1.29 is 4.79 Å². The van der Waals surface area contributed by atoms with E-state index in [9.17, 15) is 4.79 Å². The van der Waals surface area contributed by atoms with Gasteiger partial charge in [0.2, 0.25) is 0 Å².